The van der Waals surface area contributed by atoms with Gasteiger partial charge in [-0.05, 0) is 29.3 Å². The summed E-state index contributed by atoms with van der Waals surface area (Å²) in [4.78, 5) is 11.0. The highest BCUT2D eigenvalue weighted by molar-refractivity contribution is 5.95. The van der Waals surface area contributed by atoms with Crippen LogP contribution in [0.25, 0.3) is 11.1 Å². The summed E-state index contributed by atoms with van der Waals surface area (Å²) in [5, 5.41) is 11.0. The van der Waals surface area contributed by atoms with Gasteiger partial charge in [0.1, 0.15) is 5.75 Å². The van der Waals surface area contributed by atoms with Crippen molar-refractivity contribution >= 4 is 5.97 Å². The van der Waals surface area contributed by atoms with E-state index in [-0.39, 0.29) is 5.56 Å². The molecule has 0 aliphatic heterocycles. The smallest absolute Gasteiger partial charge is 0.119 e. The van der Waals surface area contributed by atoms with E-state index in [0.717, 1.165) is 5.56 Å². The van der Waals surface area contributed by atoms with Crippen molar-refractivity contribution in [2.45, 2.75) is 0 Å². The van der Waals surface area contributed by atoms with E-state index in [0.29, 0.717) is 11.3 Å². The minimum absolute atomic E-state index is 0.164. The fourth-order valence-electron chi connectivity index (χ4n) is 1.68. The van der Waals surface area contributed by atoms with Gasteiger partial charge >= 0.3 is 0 Å². The van der Waals surface area contributed by atoms with E-state index in [4.69, 9.17) is 4.74 Å². The molecular formula is C14H11O3-. The second-order valence-electron chi connectivity index (χ2n) is 3.56. The summed E-state index contributed by atoms with van der Waals surface area (Å²) in [7, 11) is 1.54. The van der Waals surface area contributed by atoms with Crippen molar-refractivity contribution < 1.29 is 14.6 Å². The number of methoxy groups -OCH3 is 1. The molecule has 0 aliphatic carbocycles. The minimum atomic E-state index is -1.19. The average molecular weight is 227 g/mol. The monoisotopic (exact) mass is 227 g/mol. The second-order valence-corrected chi connectivity index (χ2v) is 3.56. The van der Waals surface area contributed by atoms with Crippen molar-refractivity contribution in [1.82, 2.24) is 0 Å². The fraction of sp³-hybridized carbons (Fsp3) is 0.0714. The Labute approximate surface area is 99.3 Å². The zero-order chi connectivity index (χ0) is 12.3. The van der Waals surface area contributed by atoms with E-state index in [1.165, 1.54) is 6.07 Å². The van der Waals surface area contributed by atoms with Crippen LogP contribution in [-0.4, -0.2) is 13.1 Å². The number of rotatable bonds is 3. The van der Waals surface area contributed by atoms with Crippen molar-refractivity contribution in [3.63, 3.8) is 0 Å². The lowest BCUT2D eigenvalue weighted by Crippen LogP contribution is -2.23. The molecule has 2 aromatic carbocycles. The van der Waals surface area contributed by atoms with E-state index < -0.39 is 5.97 Å². The van der Waals surface area contributed by atoms with Crippen LogP contribution >= 0.6 is 0 Å². The fourth-order valence-corrected chi connectivity index (χ4v) is 1.68. The number of benzene rings is 2. The van der Waals surface area contributed by atoms with Crippen LogP contribution in [0.5, 0.6) is 5.75 Å². The summed E-state index contributed by atoms with van der Waals surface area (Å²) in [5.74, 6) is -0.569. The van der Waals surface area contributed by atoms with Crippen LogP contribution in [0.3, 0.4) is 0 Å². The lowest BCUT2D eigenvalue weighted by Gasteiger charge is -2.12. The molecule has 17 heavy (non-hydrogen) atoms. The SMILES string of the molecule is COc1ccc(C(=O)[O-])c(-c2ccccc2)c1. The zero-order valence-electron chi connectivity index (χ0n) is 9.34. The number of carbonyl (C=O) groups is 1. The van der Waals surface area contributed by atoms with E-state index in [9.17, 15) is 9.90 Å². The molecule has 3 heteroatoms. The van der Waals surface area contributed by atoms with Crippen LogP contribution in [0, 0.1) is 0 Å². The number of hydrogen-bond acceptors (Lipinski definition) is 3. The van der Waals surface area contributed by atoms with E-state index >= 15 is 0 Å². The Morgan fingerprint density at radius 1 is 1.12 bits per heavy atom. The molecule has 0 saturated carbocycles. The summed E-state index contributed by atoms with van der Waals surface area (Å²) in [6.07, 6.45) is 0. The molecule has 0 aromatic heterocycles. The topological polar surface area (TPSA) is 49.4 Å². The van der Waals surface area contributed by atoms with Crippen LogP contribution in [0.4, 0.5) is 0 Å². The Kier molecular flexibility index (Phi) is 3.10. The normalized spacial score (nSPS) is 9.94. The van der Waals surface area contributed by atoms with Crippen LogP contribution in [-0.2, 0) is 0 Å². The van der Waals surface area contributed by atoms with Gasteiger partial charge in [0.05, 0.1) is 13.1 Å². The van der Waals surface area contributed by atoms with Gasteiger partial charge in [-0.15, -0.1) is 0 Å². The van der Waals surface area contributed by atoms with Gasteiger partial charge in [0, 0.05) is 5.56 Å². The van der Waals surface area contributed by atoms with Crippen molar-refractivity contribution in [3.05, 3.63) is 54.1 Å². The molecule has 3 nitrogen and oxygen atoms in total. The van der Waals surface area contributed by atoms with Gasteiger partial charge in [-0.3, -0.25) is 0 Å². The Morgan fingerprint density at radius 2 is 1.82 bits per heavy atom. The number of ether oxygens (including phenoxy) is 1. The van der Waals surface area contributed by atoms with Gasteiger partial charge in [-0.25, -0.2) is 0 Å². The largest absolute Gasteiger partial charge is 0.545 e. The predicted molar refractivity (Wildman–Crippen MR) is 62.8 cm³/mol. The minimum Gasteiger partial charge on any atom is -0.545 e. The molecule has 0 aliphatic rings. The molecule has 0 saturated heterocycles. The third-order valence-corrected chi connectivity index (χ3v) is 2.53. The molecule has 0 radical (unpaired) electrons. The first-order valence-corrected chi connectivity index (χ1v) is 5.17. The van der Waals surface area contributed by atoms with Gasteiger partial charge in [-0.2, -0.15) is 0 Å². The lowest BCUT2D eigenvalue weighted by atomic mass is 9.99. The van der Waals surface area contributed by atoms with Crippen LogP contribution in [0.15, 0.2) is 48.5 Å². The summed E-state index contributed by atoms with van der Waals surface area (Å²) < 4.78 is 5.10. The summed E-state index contributed by atoms with van der Waals surface area (Å²) in [6.45, 7) is 0. The Balaban J connectivity index is 2.61. The van der Waals surface area contributed by atoms with Crippen molar-refractivity contribution in [2.24, 2.45) is 0 Å². The third-order valence-electron chi connectivity index (χ3n) is 2.53. The average Bonchev–Trinajstić information content (AvgIpc) is 2.39. The van der Waals surface area contributed by atoms with Crippen LogP contribution in [0.1, 0.15) is 10.4 Å². The summed E-state index contributed by atoms with van der Waals surface area (Å²) in [5.41, 5.74) is 1.59. The molecule has 2 aromatic rings. The Hall–Kier alpha value is -2.29. The molecule has 0 spiro atoms. The Bertz CT molecular complexity index is 532. The van der Waals surface area contributed by atoms with E-state index in [1.807, 2.05) is 30.3 Å². The maximum atomic E-state index is 11.0. The van der Waals surface area contributed by atoms with E-state index in [1.54, 1.807) is 19.2 Å². The first-order valence-electron chi connectivity index (χ1n) is 5.17. The Morgan fingerprint density at radius 3 is 2.41 bits per heavy atom. The maximum absolute atomic E-state index is 11.0. The highest BCUT2D eigenvalue weighted by atomic mass is 16.5. The molecule has 0 unspecified atom stereocenters. The number of hydrogen-bond donors (Lipinski definition) is 0. The number of aromatic carboxylic acids is 1. The number of carboxylic acid groups (broad SMARTS) is 1. The zero-order valence-corrected chi connectivity index (χ0v) is 9.34. The molecule has 0 N–H and O–H groups in total. The first-order chi connectivity index (χ1) is 8.22. The molecule has 86 valence electrons. The molecule has 0 bridgehead atoms. The summed E-state index contributed by atoms with van der Waals surface area (Å²) in [6, 6.07) is 14.1. The standard InChI is InChI=1S/C14H12O3/c1-17-11-7-8-12(14(15)16)13(9-11)10-5-3-2-4-6-10/h2-9H,1H3,(H,15,16)/p-1. The van der Waals surface area contributed by atoms with Gasteiger partial charge in [0.15, 0.2) is 0 Å². The lowest BCUT2D eigenvalue weighted by molar-refractivity contribution is -0.254. The molecule has 0 heterocycles. The second kappa shape index (κ2) is 4.70. The number of carbonyl (C=O) groups excluding carboxylic acids is 1. The van der Waals surface area contributed by atoms with Gasteiger partial charge in [0.2, 0.25) is 0 Å². The van der Waals surface area contributed by atoms with Gasteiger partial charge < -0.3 is 14.6 Å². The quantitative estimate of drug-likeness (QED) is 0.802. The van der Waals surface area contributed by atoms with Crippen LogP contribution in [0.2, 0.25) is 0 Å². The predicted octanol–water partition coefficient (Wildman–Crippen LogP) is 1.73. The van der Waals surface area contributed by atoms with Gasteiger partial charge in [-0.1, -0.05) is 30.3 Å². The highest BCUT2D eigenvalue weighted by Gasteiger charge is 2.07. The van der Waals surface area contributed by atoms with E-state index in [2.05, 4.69) is 0 Å². The summed E-state index contributed by atoms with van der Waals surface area (Å²) >= 11 is 0. The van der Waals surface area contributed by atoms with Gasteiger partial charge in [0.25, 0.3) is 0 Å². The number of carboxylic acids is 1. The maximum Gasteiger partial charge on any atom is 0.119 e. The molecule has 0 fully saturated rings. The first kappa shape index (κ1) is 11.2. The highest BCUT2D eigenvalue weighted by Crippen LogP contribution is 2.27. The van der Waals surface area contributed by atoms with Crippen molar-refractivity contribution in [2.75, 3.05) is 7.11 Å². The third kappa shape index (κ3) is 2.28. The van der Waals surface area contributed by atoms with Crippen molar-refractivity contribution in [3.8, 4) is 16.9 Å². The molecule has 2 rings (SSSR count). The molecule has 0 amide bonds. The van der Waals surface area contributed by atoms with Crippen LogP contribution < -0.4 is 9.84 Å². The molecular weight excluding hydrogens is 216 g/mol. The van der Waals surface area contributed by atoms with Crippen molar-refractivity contribution in [1.29, 1.82) is 0 Å². The molecule has 0 atom stereocenters.